The van der Waals surface area contributed by atoms with Gasteiger partial charge in [-0.1, -0.05) is 60.7 Å². The molecule has 116 valence electrons. The Morgan fingerprint density at radius 1 is 1.09 bits per heavy atom. The summed E-state index contributed by atoms with van der Waals surface area (Å²) < 4.78 is 0. The second kappa shape index (κ2) is 7.40. The van der Waals surface area contributed by atoms with Gasteiger partial charge in [-0.25, -0.2) is 4.98 Å². The molecule has 0 saturated carbocycles. The molecule has 0 bridgehead atoms. The first-order valence-electron chi connectivity index (χ1n) is 7.21. The topological polar surface area (TPSA) is 42.0 Å². The molecule has 5 heteroatoms. The number of amides is 1. The van der Waals surface area contributed by atoms with E-state index < -0.39 is 5.38 Å². The number of halogens is 1. The molecule has 3 aromatic rings. The molecule has 1 atom stereocenters. The van der Waals surface area contributed by atoms with E-state index in [9.17, 15) is 4.79 Å². The predicted octanol–water partition coefficient (Wildman–Crippen LogP) is 4.65. The van der Waals surface area contributed by atoms with E-state index in [4.69, 9.17) is 11.6 Å². The van der Waals surface area contributed by atoms with Gasteiger partial charge < -0.3 is 5.32 Å². The molecule has 0 aliphatic heterocycles. The van der Waals surface area contributed by atoms with Crippen molar-refractivity contribution in [1.82, 2.24) is 4.98 Å². The fourth-order valence-electron chi connectivity index (χ4n) is 2.19. The minimum Gasteiger partial charge on any atom is -0.300 e. The molecule has 1 N–H and O–H groups in total. The molecule has 1 unspecified atom stereocenters. The number of hydrogen-bond donors (Lipinski definition) is 1. The molecule has 0 radical (unpaired) electrons. The van der Waals surface area contributed by atoms with Crippen LogP contribution in [0.4, 0.5) is 5.13 Å². The van der Waals surface area contributed by atoms with Crippen molar-refractivity contribution in [2.75, 3.05) is 5.32 Å². The van der Waals surface area contributed by atoms with Crippen LogP contribution in [0, 0.1) is 0 Å². The third-order valence-corrected chi connectivity index (χ3v) is 4.69. The molecule has 2 aromatic carbocycles. The Balaban J connectivity index is 1.63. The third-order valence-electron chi connectivity index (χ3n) is 3.33. The van der Waals surface area contributed by atoms with Gasteiger partial charge in [0, 0.05) is 17.5 Å². The highest BCUT2D eigenvalue weighted by Crippen LogP contribution is 2.25. The zero-order chi connectivity index (χ0) is 16.1. The largest absolute Gasteiger partial charge is 0.300 e. The van der Waals surface area contributed by atoms with E-state index in [-0.39, 0.29) is 5.91 Å². The molecule has 0 saturated heterocycles. The number of carbonyl (C=O) groups is 1. The number of carbonyl (C=O) groups excluding carboxylic acids is 1. The van der Waals surface area contributed by atoms with E-state index in [0.717, 1.165) is 16.9 Å². The summed E-state index contributed by atoms with van der Waals surface area (Å²) in [6.07, 6.45) is 2.59. The van der Waals surface area contributed by atoms with Crippen LogP contribution >= 0.6 is 22.9 Å². The lowest BCUT2D eigenvalue weighted by Gasteiger charge is -2.08. The highest BCUT2D eigenvalue weighted by molar-refractivity contribution is 7.15. The zero-order valence-corrected chi connectivity index (χ0v) is 13.8. The summed E-state index contributed by atoms with van der Waals surface area (Å²) in [5, 5.41) is 2.63. The number of rotatable bonds is 5. The van der Waals surface area contributed by atoms with Gasteiger partial charge in [0.25, 0.3) is 0 Å². The van der Waals surface area contributed by atoms with Crippen molar-refractivity contribution in [2.24, 2.45) is 0 Å². The van der Waals surface area contributed by atoms with Crippen LogP contribution < -0.4 is 5.32 Å². The minimum absolute atomic E-state index is 0.265. The molecule has 3 rings (SSSR count). The van der Waals surface area contributed by atoms with Crippen LogP contribution in [0.2, 0.25) is 0 Å². The second-order valence-electron chi connectivity index (χ2n) is 5.06. The van der Waals surface area contributed by atoms with Crippen molar-refractivity contribution >= 4 is 34.0 Å². The Hall–Kier alpha value is -2.17. The number of hydrogen-bond acceptors (Lipinski definition) is 3. The number of benzene rings is 2. The molecule has 23 heavy (non-hydrogen) atoms. The normalized spacial score (nSPS) is 11.9. The fourth-order valence-corrected chi connectivity index (χ4v) is 3.24. The first-order chi connectivity index (χ1) is 11.2. The standard InChI is InChI=1S/C18H15ClN2OS/c19-16(14-9-5-2-6-10-14)17(22)21-18-20-12-15(23-18)11-13-7-3-1-4-8-13/h1-10,12,16H,11H2,(H,20,21,22). The molecular formula is C18H15ClN2OS. The van der Waals surface area contributed by atoms with Crippen LogP contribution in [0.3, 0.4) is 0 Å². The Bertz CT molecular complexity index is 774. The van der Waals surface area contributed by atoms with Crippen LogP contribution in [-0.4, -0.2) is 10.9 Å². The molecule has 1 amide bonds. The van der Waals surface area contributed by atoms with Crippen molar-refractivity contribution < 1.29 is 4.79 Å². The van der Waals surface area contributed by atoms with E-state index in [1.54, 1.807) is 6.20 Å². The molecule has 1 aromatic heterocycles. The first-order valence-corrected chi connectivity index (χ1v) is 8.46. The number of anilines is 1. The van der Waals surface area contributed by atoms with E-state index in [1.807, 2.05) is 48.5 Å². The Labute approximate surface area is 144 Å². The van der Waals surface area contributed by atoms with Gasteiger partial charge in [-0.2, -0.15) is 0 Å². The van der Waals surface area contributed by atoms with Gasteiger partial charge >= 0.3 is 0 Å². The summed E-state index contributed by atoms with van der Waals surface area (Å²) in [7, 11) is 0. The maximum atomic E-state index is 12.2. The van der Waals surface area contributed by atoms with Crippen LogP contribution in [0.25, 0.3) is 0 Å². The van der Waals surface area contributed by atoms with E-state index >= 15 is 0 Å². The van der Waals surface area contributed by atoms with Crippen molar-refractivity contribution in [1.29, 1.82) is 0 Å². The number of nitrogens with one attached hydrogen (secondary N) is 1. The average molecular weight is 343 g/mol. The van der Waals surface area contributed by atoms with Crippen molar-refractivity contribution in [3.8, 4) is 0 Å². The summed E-state index contributed by atoms with van der Waals surface area (Å²) in [5.41, 5.74) is 1.99. The van der Waals surface area contributed by atoms with E-state index in [2.05, 4.69) is 22.4 Å². The second-order valence-corrected chi connectivity index (χ2v) is 6.61. The Morgan fingerprint density at radius 2 is 1.74 bits per heavy atom. The smallest absolute Gasteiger partial charge is 0.248 e. The summed E-state index contributed by atoms with van der Waals surface area (Å²) >= 11 is 7.67. The number of aromatic nitrogens is 1. The van der Waals surface area contributed by atoms with Gasteiger partial charge in [-0.15, -0.1) is 22.9 Å². The summed E-state index contributed by atoms with van der Waals surface area (Å²) in [6, 6.07) is 19.4. The Morgan fingerprint density at radius 3 is 2.43 bits per heavy atom. The average Bonchev–Trinajstić information content (AvgIpc) is 3.02. The predicted molar refractivity (Wildman–Crippen MR) is 95.0 cm³/mol. The minimum atomic E-state index is -0.724. The molecule has 0 spiro atoms. The van der Waals surface area contributed by atoms with Crippen molar-refractivity contribution in [3.63, 3.8) is 0 Å². The quantitative estimate of drug-likeness (QED) is 0.685. The highest BCUT2D eigenvalue weighted by Gasteiger charge is 2.18. The van der Waals surface area contributed by atoms with Gasteiger partial charge in [0.05, 0.1) is 0 Å². The lowest BCUT2D eigenvalue weighted by atomic mass is 10.1. The first kappa shape index (κ1) is 15.7. The lowest BCUT2D eigenvalue weighted by Crippen LogP contribution is -2.17. The SMILES string of the molecule is O=C(Nc1ncc(Cc2ccccc2)s1)C(Cl)c1ccccc1. The van der Waals surface area contributed by atoms with Gasteiger partial charge in [-0.3, -0.25) is 4.79 Å². The van der Waals surface area contributed by atoms with Crippen LogP contribution in [0.1, 0.15) is 21.4 Å². The monoisotopic (exact) mass is 342 g/mol. The van der Waals surface area contributed by atoms with Gasteiger partial charge in [-0.05, 0) is 11.1 Å². The summed E-state index contributed by atoms with van der Waals surface area (Å²) in [5.74, 6) is -0.265. The number of nitrogens with zero attached hydrogens (tertiary/aromatic N) is 1. The highest BCUT2D eigenvalue weighted by atomic mass is 35.5. The third kappa shape index (κ3) is 4.18. The summed E-state index contributed by atoms with van der Waals surface area (Å²) in [6.45, 7) is 0. The fraction of sp³-hybridized carbons (Fsp3) is 0.111. The number of thiazole rings is 1. The maximum absolute atomic E-state index is 12.2. The van der Waals surface area contributed by atoms with Gasteiger partial charge in [0.2, 0.25) is 5.91 Å². The Kier molecular flexibility index (Phi) is 5.05. The molecule has 0 aliphatic rings. The molecule has 0 fully saturated rings. The van der Waals surface area contributed by atoms with E-state index in [0.29, 0.717) is 5.13 Å². The molecule has 0 aliphatic carbocycles. The maximum Gasteiger partial charge on any atom is 0.248 e. The van der Waals surface area contributed by atoms with Gasteiger partial charge in [0.15, 0.2) is 5.13 Å². The molecule has 1 heterocycles. The number of alkyl halides is 1. The molecule has 3 nitrogen and oxygen atoms in total. The van der Waals surface area contributed by atoms with Crippen LogP contribution in [0.5, 0.6) is 0 Å². The molecular weight excluding hydrogens is 328 g/mol. The lowest BCUT2D eigenvalue weighted by molar-refractivity contribution is -0.116. The van der Waals surface area contributed by atoms with Crippen LogP contribution in [-0.2, 0) is 11.2 Å². The van der Waals surface area contributed by atoms with Gasteiger partial charge in [0.1, 0.15) is 5.38 Å². The zero-order valence-electron chi connectivity index (χ0n) is 12.3. The summed E-state index contributed by atoms with van der Waals surface area (Å²) in [4.78, 5) is 17.6. The van der Waals surface area contributed by atoms with Crippen LogP contribution in [0.15, 0.2) is 66.9 Å². The van der Waals surface area contributed by atoms with Crippen molar-refractivity contribution in [3.05, 3.63) is 82.9 Å². The van der Waals surface area contributed by atoms with E-state index in [1.165, 1.54) is 16.9 Å². The van der Waals surface area contributed by atoms with Crippen molar-refractivity contribution in [2.45, 2.75) is 11.8 Å².